The van der Waals surface area contributed by atoms with Crippen molar-refractivity contribution in [3.8, 4) is 0 Å². The van der Waals surface area contributed by atoms with E-state index in [1.807, 2.05) is 0 Å². The van der Waals surface area contributed by atoms with E-state index in [-0.39, 0.29) is 36.0 Å². The van der Waals surface area contributed by atoms with Gasteiger partial charge in [0.1, 0.15) is 6.61 Å². The molecule has 0 aliphatic carbocycles. The number of nitrogens with two attached hydrogens (primary N) is 1. The number of hydrogen-bond acceptors (Lipinski definition) is 10. The maximum atomic E-state index is 9.81. The van der Waals surface area contributed by atoms with E-state index in [2.05, 4.69) is 9.99 Å². The number of ether oxygens (including phenoxy) is 3. The number of hydrogen-bond donors (Lipinski definition) is 1. The molecule has 0 aliphatic heterocycles. The smallest absolute Gasteiger partial charge is 0.541 e. The maximum absolute atomic E-state index is 9.81. The predicted molar refractivity (Wildman–Crippen MR) is 74.1 cm³/mol. The molecule has 0 atom stereocenters. The predicted octanol–water partition coefficient (Wildman–Crippen LogP) is -3.50. The first kappa shape index (κ1) is 26.4. The molecule has 0 spiro atoms. The third kappa shape index (κ3) is 27.8. The van der Waals surface area contributed by atoms with Crippen LogP contribution in [0.2, 0.25) is 0 Å². The Morgan fingerprint density at radius 2 is 1.32 bits per heavy atom. The van der Waals surface area contributed by atoms with Crippen LogP contribution in [0.3, 0.4) is 0 Å². The van der Waals surface area contributed by atoms with E-state index in [9.17, 15) is 4.79 Å². The van der Waals surface area contributed by atoms with Crippen molar-refractivity contribution in [1.82, 2.24) is 0 Å². The Kier molecular flexibility index (Phi) is 34.4. The Bertz CT molecular complexity index is 236. The Labute approximate surface area is 151 Å². The third-order valence-electron chi connectivity index (χ3n) is 1.73. The number of rotatable bonds is 15. The SMILES string of the molecule is NOCCOCCOCCOCCO/N=C/C[C-]=O.O=O.[Na+]. The number of carbonyl (C=O) groups excluding carboxylic acids is 1. The van der Waals surface area contributed by atoms with Gasteiger partial charge in [-0.15, -0.1) is 11.6 Å². The van der Waals surface area contributed by atoms with Crippen LogP contribution >= 0.6 is 0 Å². The quantitative estimate of drug-likeness (QED) is 0.106. The van der Waals surface area contributed by atoms with E-state index in [1.54, 1.807) is 6.29 Å². The Morgan fingerprint density at radius 1 is 0.864 bits per heavy atom. The molecule has 0 radical (unpaired) electrons. The molecule has 0 bridgehead atoms. The van der Waals surface area contributed by atoms with Crippen LogP contribution in [0, 0.1) is 9.93 Å². The van der Waals surface area contributed by atoms with Gasteiger partial charge in [0.15, 0.2) is 0 Å². The third-order valence-corrected chi connectivity index (χ3v) is 1.73. The monoisotopic (exact) mass is 332 g/mol. The fourth-order valence-electron chi connectivity index (χ4n) is 0.925. The summed E-state index contributed by atoms with van der Waals surface area (Å²) in [5.74, 6) is 4.82. The molecule has 22 heavy (non-hydrogen) atoms. The van der Waals surface area contributed by atoms with Crippen LogP contribution in [-0.4, -0.2) is 65.4 Å². The second kappa shape index (κ2) is 28.7. The van der Waals surface area contributed by atoms with Crippen LogP contribution in [0.5, 0.6) is 0 Å². The molecule has 0 aromatic carbocycles. The molecule has 0 unspecified atom stereocenters. The molecule has 2 N–H and O–H groups in total. The molecule has 10 nitrogen and oxygen atoms in total. The second-order valence-electron chi connectivity index (χ2n) is 3.18. The summed E-state index contributed by atoms with van der Waals surface area (Å²) in [4.78, 5) is 32.9. The van der Waals surface area contributed by atoms with Crippen molar-refractivity contribution < 1.29 is 58.2 Å². The van der Waals surface area contributed by atoms with E-state index < -0.39 is 0 Å². The molecule has 0 saturated carbocycles. The molecule has 0 aromatic heterocycles. The van der Waals surface area contributed by atoms with Gasteiger partial charge in [0.2, 0.25) is 0 Å². The van der Waals surface area contributed by atoms with Gasteiger partial charge in [-0.05, 0) is 0 Å². The maximum Gasteiger partial charge on any atom is 1.00 e. The summed E-state index contributed by atoms with van der Waals surface area (Å²) in [6.07, 6.45) is 3.14. The summed E-state index contributed by atoms with van der Waals surface area (Å²) < 4.78 is 15.6. The number of nitrogens with zero attached hydrogens (tertiary/aromatic N) is 1. The van der Waals surface area contributed by atoms with Crippen molar-refractivity contribution in [2.75, 3.05) is 52.9 Å². The largest absolute Gasteiger partial charge is 1.00 e. The minimum atomic E-state index is 0. The molecular weight excluding hydrogens is 311 g/mol. The first-order valence-electron chi connectivity index (χ1n) is 6.12. The summed E-state index contributed by atoms with van der Waals surface area (Å²) in [5.41, 5.74) is 0. The van der Waals surface area contributed by atoms with Crippen LogP contribution in [0.4, 0.5) is 0 Å². The van der Waals surface area contributed by atoms with Gasteiger partial charge in [0, 0.05) is 16.1 Å². The van der Waals surface area contributed by atoms with Crippen molar-refractivity contribution in [2.24, 2.45) is 11.1 Å². The average Bonchev–Trinajstić information content (AvgIpc) is 2.53. The van der Waals surface area contributed by atoms with Gasteiger partial charge >= 0.3 is 29.6 Å². The average molecular weight is 332 g/mol. The zero-order chi connectivity index (χ0) is 16.0. The molecule has 0 amide bonds. The second-order valence-corrected chi connectivity index (χ2v) is 3.18. The molecule has 0 rings (SSSR count). The van der Waals surface area contributed by atoms with Crippen LogP contribution in [0.15, 0.2) is 5.16 Å². The van der Waals surface area contributed by atoms with Gasteiger partial charge < -0.3 is 28.7 Å². The Morgan fingerprint density at radius 3 is 1.77 bits per heavy atom. The minimum absolute atomic E-state index is 0. The first-order valence-corrected chi connectivity index (χ1v) is 6.12. The molecular formula is C11H21N2NaO8. The van der Waals surface area contributed by atoms with Crippen LogP contribution in [0.1, 0.15) is 6.42 Å². The van der Waals surface area contributed by atoms with Crippen LogP contribution in [-0.2, 0) is 28.7 Å². The summed E-state index contributed by atoms with van der Waals surface area (Å²) in [6.45, 7) is 3.52. The van der Waals surface area contributed by atoms with E-state index in [4.69, 9.17) is 34.9 Å². The van der Waals surface area contributed by atoms with Gasteiger partial charge in [-0.1, -0.05) is 0 Å². The standard InChI is InChI=1S/C11H21N2O6.Na.O2/c12-18-10-8-16-6-4-15-5-7-17-9-11-19-13-2-1-3-14;;1-2/h2H,1,4-12H2;;/q-1;+1;/b13-2+;;. The van der Waals surface area contributed by atoms with Gasteiger partial charge in [-0.3, -0.25) is 6.29 Å². The summed E-state index contributed by atoms with van der Waals surface area (Å²) in [7, 11) is 0. The normalized spacial score (nSPS) is 9.68. The van der Waals surface area contributed by atoms with Gasteiger partial charge in [-0.2, -0.15) is 0 Å². The zero-order valence-electron chi connectivity index (χ0n) is 12.7. The van der Waals surface area contributed by atoms with Crippen molar-refractivity contribution in [3.05, 3.63) is 9.93 Å². The molecule has 0 fully saturated rings. The van der Waals surface area contributed by atoms with Gasteiger partial charge in [-0.25, -0.2) is 5.90 Å². The van der Waals surface area contributed by atoms with Crippen molar-refractivity contribution >= 4 is 12.5 Å². The summed E-state index contributed by atoms with van der Waals surface area (Å²) >= 11 is 0. The molecule has 0 aromatic rings. The van der Waals surface area contributed by atoms with E-state index >= 15 is 0 Å². The summed E-state index contributed by atoms with van der Waals surface area (Å²) in [6, 6.07) is 0. The van der Waals surface area contributed by atoms with E-state index in [1.165, 1.54) is 6.21 Å². The van der Waals surface area contributed by atoms with Crippen LogP contribution in [0.25, 0.3) is 0 Å². The number of oxime groups is 1. The van der Waals surface area contributed by atoms with E-state index in [0.717, 1.165) is 0 Å². The molecule has 0 aliphatic rings. The van der Waals surface area contributed by atoms with Crippen molar-refractivity contribution in [1.29, 1.82) is 0 Å². The van der Waals surface area contributed by atoms with Gasteiger partial charge in [0.25, 0.3) is 0 Å². The fraction of sp³-hybridized carbons (Fsp3) is 0.818. The Balaban J connectivity index is -0.00000115. The molecule has 0 heterocycles. The minimum Gasteiger partial charge on any atom is -0.541 e. The van der Waals surface area contributed by atoms with Gasteiger partial charge in [0.05, 0.1) is 46.2 Å². The topological polar surface area (TPSA) is 136 Å². The van der Waals surface area contributed by atoms with Crippen molar-refractivity contribution in [2.45, 2.75) is 6.42 Å². The van der Waals surface area contributed by atoms with Crippen LogP contribution < -0.4 is 35.5 Å². The van der Waals surface area contributed by atoms with E-state index in [0.29, 0.717) is 52.9 Å². The summed E-state index contributed by atoms with van der Waals surface area (Å²) in [5, 5.41) is 3.51. The molecule has 124 valence electrons. The first-order chi connectivity index (χ1) is 10.4. The molecule has 0 saturated heterocycles. The van der Waals surface area contributed by atoms with Crippen molar-refractivity contribution in [3.63, 3.8) is 0 Å². The molecule has 11 heteroatoms. The Hall–Kier alpha value is -0.460. The zero-order valence-corrected chi connectivity index (χ0v) is 14.7. The fourth-order valence-corrected chi connectivity index (χ4v) is 0.925.